The zero-order chi connectivity index (χ0) is 19.1. The van der Waals surface area contributed by atoms with Crippen molar-refractivity contribution in [2.75, 3.05) is 13.1 Å². The maximum absolute atomic E-state index is 12.9. The minimum Gasteiger partial charge on any atom is -0.332 e. The van der Waals surface area contributed by atoms with Gasteiger partial charge >= 0.3 is 0 Å². The third-order valence-corrected chi connectivity index (χ3v) is 5.80. The van der Waals surface area contributed by atoms with Crippen LogP contribution in [0.2, 0.25) is 10.0 Å². The first kappa shape index (κ1) is 19.3. The zero-order valence-electron chi connectivity index (χ0n) is 14.6. The number of rotatable bonds is 5. The molecule has 0 aromatic heterocycles. The van der Waals surface area contributed by atoms with E-state index in [1.165, 1.54) is 0 Å². The van der Waals surface area contributed by atoms with Crippen LogP contribution in [0.4, 0.5) is 0 Å². The van der Waals surface area contributed by atoms with Gasteiger partial charge in [0.25, 0.3) is 0 Å². The smallest absolute Gasteiger partial charge is 0.195 e. The van der Waals surface area contributed by atoms with E-state index in [0.717, 1.165) is 6.42 Å². The number of benzene rings is 1. The first-order valence-corrected chi connectivity index (χ1v) is 9.59. The van der Waals surface area contributed by atoms with Gasteiger partial charge in [-0.05, 0) is 37.6 Å². The summed E-state index contributed by atoms with van der Waals surface area (Å²) in [5.74, 6) is 0.143. The molecule has 138 valence electrons. The lowest BCUT2D eigenvalue weighted by Crippen LogP contribution is -2.50. The number of ketones is 1. The number of halogens is 3. The third-order valence-electron chi connectivity index (χ3n) is 4.92. The van der Waals surface area contributed by atoms with Crippen LogP contribution in [-0.2, 0) is 0 Å². The molecule has 1 N–H and O–H groups in total. The summed E-state index contributed by atoms with van der Waals surface area (Å²) in [6, 6.07) is 4.65. The summed E-state index contributed by atoms with van der Waals surface area (Å²) < 4.78 is 0. The highest BCUT2D eigenvalue weighted by molar-refractivity contribution is 6.37. The monoisotopic (exact) mass is 411 g/mol. The Bertz CT molecular complexity index is 820. The Kier molecular flexibility index (Phi) is 5.38. The van der Waals surface area contributed by atoms with E-state index in [0.29, 0.717) is 33.1 Å². The molecule has 1 fully saturated rings. The molecule has 2 aliphatic rings. The molecule has 1 aromatic rings. The lowest BCUT2D eigenvalue weighted by Gasteiger charge is -2.37. The molecule has 2 unspecified atom stereocenters. The Balaban J connectivity index is 1.93. The molecule has 2 atom stereocenters. The Morgan fingerprint density at radius 1 is 1.31 bits per heavy atom. The molecule has 0 amide bonds. The Morgan fingerprint density at radius 3 is 2.69 bits per heavy atom. The maximum Gasteiger partial charge on any atom is 0.195 e. The molecule has 1 saturated heterocycles. The fourth-order valence-electron chi connectivity index (χ4n) is 3.67. The Hall–Kier alpha value is -1.49. The quantitative estimate of drug-likeness (QED) is 0.695. The van der Waals surface area contributed by atoms with Crippen molar-refractivity contribution in [3.8, 4) is 0 Å². The number of hydrogen-bond acceptors (Lipinski definition) is 2. The molecule has 0 spiro atoms. The number of fused-ring (bicyclic) bond motifs is 1. The van der Waals surface area contributed by atoms with Crippen LogP contribution in [0.25, 0.3) is 0 Å². The predicted molar refractivity (Wildman–Crippen MR) is 107 cm³/mol. The van der Waals surface area contributed by atoms with Crippen LogP contribution < -0.4 is 0 Å². The third kappa shape index (κ3) is 3.15. The number of Topliss-reactive ketones (excluding diaryl/α,β-unsaturated/α-hetero) is 1. The normalized spacial score (nSPS) is 24.7. The van der Waals surface area contributed by atoms with Crippen molar-refractivity contribution in [2.45, 2.75) is 31.8 Å². The van der Waals surface area contributed by atoms with Crippen molar-refractivity contribution >= 4 is 46.5 Å². The number of allylic oxidation sites excluding steroid dienone is 2. The van der Waals surface area contributed by atoms with Gasteiger partial charge in [0.05, 0.1) is 23.1 Å². The second-order valence-corrected chi connectivity index (χ2v) is 7.97. The van der Waals surface area contributed by atoms with Crippen molar-refractivity contribution in [1.29, 1.82) is 5.41 Å². The van der Waals surface area contributed by atoms with Gasteiger partial charge < -0.3 is 9.80 Å². The van der Waals surface area contributed by atoms with E-state index in [1.807, 2.05) is 30.1 Å². The molecule has 7 heteroatoms. The fourth-order valence-corrected chi connectivity index (χ4v) is 4.59. The topological polar surface area (TPSA) is 47.4 Å². The fraction of sp³-hybridized carbons (Fsp3) is 0.368. The molecule has 1 aliphatic heterocycles. The van der Waals surface area contributed by atoms with Gasteiger partial charge in [-0.15, -0.1) is 0 Å². The highest BCUT2D eigenvalue weighted by Crippen LogP contribution is 2.41. The van der Waals surface area contributed by atoms with Gasteiger partial charge in [0.2, 0.25) is 0 Å². The van der Waals surface area contributed by atoms with Gasteiger partial charge in [-0.3, -0.25) is 10.2 Å². The van der Waals surface area contributed by atoms with Crippen LogP contribution in [0.5, 0.6) is 0 Å². The highest BCUT2D eigenvalue weighted by Gasteiger charge is 2.53. The minimum absolute atomic E-state index is 0.0436. The first-order chi connectivity index (χ1) is 12.3. The second-order valence-electron chi connectivity index (χ2n) is 6.69. The van der Waals surface area contributed by atoms with Crippen LogP contribution in [0.15, 0.2) is 41.5 Å². The lowest BCUT2D eigenvalue weighted by molar-refractivity contribution is 0.0934. The number of guanidine groups is 1. The second kappa shape index (κ2) is 7.26. The van der Waals surface area contributed by atoms with Gasteiger partial charge in [-0.2, -0.15) is 0 Å². The van der Waals surface area contributed by atoms with E-state index in [1.54, 1.807) is 23.1 Å². The highest BCUT2D eigenvalue weighted by atomic mass is 35.5. The molecular weight excluding hydrogens is 393 g/mol. The minimum atomic E-state index is -0.563. The summed E-state index contributed by atoms with van der Waals surface area (Å²) >= 11 is 18.6. The number of nitrogens with zero attached hydrogens (tertiary/aromatic N) is 2. The van der Waals surface area contributed by atoms with E-state index >= 15 is 0 Å². The lowest BCUT2D eigenvalue weighted by atomic mass is 9.87. The average molecular weight is 413 g/mol. The molecule has 3 rings (SSSR count). The summed E-state index contributed by atoms with van der Waals surface area (Å²) in [6.45, 7) is 4.80. The summed E-state index contributed by atoms with van der Waals surface area (Å²) in [7, 11) is 0. The number of carbonyl (C=O) groups excluding carboxylic acids is 1. The molecule has 1 heterocycles. The SMILES string of the molecule is CCCN1C(=N)N(CC(=O)c2ccc(Cl)cc2Cl)C2(C)C=CC=C(Cl)C12. The van der Waals surface area contributed by atoms with Crippen molar-refractivity contribution in [3.63, 3.8) is 0 Å². The average Bonchev–Trinajstić information content (AvgIpc) is 2.77. The van der Waals surface area contributed by atoms with Gasteiger partial charge in [-0.25, -0.2) is 0 Å². The van der Waals surface area contributed by atoms with Crippen LogP contribution in [0, 0.1) is 5.41 Å². The molecule has 1 aromatic carbocycles. The summed E-state index contributed by atoms with van der Waals surface area (Å²) in [5.41, 5.74) is -0.161. The molecule has 26 heavy (non-hydrogen) atoms. The maximum atomic E-state index is 12.9. The van der Waals surface area contributed by atoms with Gasteiger partial charge in [0.1, 0.15) is 0 Å². The summed E-state index contributed by atoms with van der Waals surface area (Å²) in [4.78, 5) is 16.6. The number of carbonyl (C=O) groups is 1. The molecule has 0 radical (unpaired) electrons. The molecule has 0 bridgehead atoms. The van der Waals surface area contributed by atoms with E-state index in [2.05, 4.69) is 6.92 Å². The predicted octanol–water partition coefficient (Wildman–Crippen LogP) is 4.96. The Labute approximate surface area is 168 Å². The summed E-state index contributed by atoms with van der Waals surface area (Å²) in [5, 5.41) is 10.1. The Morgan fingerprint density at radius 2 is 2.04 bits per heavy atom. The first-order valence-electron chi connectivity index (χ1n) is 8.45. The van der Waals surface area contributed by atoms with Crippen LogP contribution in [0.1, 0.15) is 30.6 Å². The standard InChI is InChI=1S/C19H20Cl3N3O/c1-3-9-24-17-14(21)5-4-8-19(17,2)25(18(24)23)11-16(26)13-7-6-12(20)10-15(13)22/h4-8,10,17,23H,3,9,11H2,1-2H3. The van der Waals surface area contributed by atoms with Crippen molar-refractivity contribution < 1.29 is 4.79 Å². The molecule has 1 aliphatic carbocycles. The van der Waals surface area contributed by atoms with Gasteiger partial charge in [-0.1, -0.05) is 53.9 Å². The van der Waals surface area contributed by atoms with Crippen molar-refractivity contribution in [3.05, 3.63) is 57.1 Å². The van der Waals surface area contributed by atoms with Crippen molar-refractivity contribution in [1.82, 2.24) is 9.80 Å². The van der Waals surface area contributed by atoms with E-state index < -0.39 is 5.54 Å². The number of nitrogens with one attached hydrogen (secondary N) is 1. The van der Waals surface area contributed by atoms with E-state index in [9.17, 15) is 4.79 Å². The largest absolute Gasteiger partial charge is 0.332 e. The molecule has 0 saturated carbocycles. The molecular formula is C19H20Cl3N3O. The van der Waals surface area contributed by atoms with Crippen molar-refractivity contribution in [2.24, 2.45) is 0 Å². The van der Waals surface area contributed by atoms with Gasteiger partial charge in [0.15, 0.2) is 11.7 Å². The van der Waals surface area contributed by atoms with E-state index in [-0.39, 0.29) is 18.4 Å². The number of hydrogen-bond donors (Lipinski definition) is 1. The van der Waals surface area contributed by atoms with Crippen LogP contribution in [-0.4, -0.2) is 46.2 Å². The van der Waals surface area contributed by atoms with Crippen LogP contribution in [0.3, 0.4) is 0 Å². The van der Waals surface area contributed by atoms with E-state index in [4.69, 9.17) is 40.2 Å². The zero-order valence-corrected chi connectivity index (χ0v) is 16.9. The van der Waals surface area contributed by atoms with Gasteiger partial charge in [0, 0.05) is 22.2 Å². The summed E-state index contributed by atoms with van der Waals surface area (Å²) in [6.07, 6.45) is 6.62. The van der Waals surface area contributed by atoms with Crippen LogP contribution >= 0.6 is 34.8 Å². The molecule has 4 nitrogen and oxygen atoms in total.